The Morgan fingerprint density at radius 3 is 2.19 bits per heavy atom. The van der Waals surface area contributed by atoms with Crippen LogP contribution in [0.2, 0.25) is 0 Å². The molecule has 4 rings (SSSR count). The van der Waals surface area contributed by atoms with Crippen molar-refractivity contribution in [1.29, 1.82) is 0 Å². The van der Waals surface area contributed by atoms with Crippen LogP contribution in [-0.4, -0.2) is 42.3 Å². The molecule has 32 heavy (non-hydrogen) atoms. The topological polar surface area (TPSA) is 67.1 Å². The van der Waals surface area contributed by atoms with Gasteiger partial charge in [0.25, 0.3) is 0 Å². The van der Waals surface area contributed by atoms with Crippen molar-refractivity contribution < 1.29 is 32.1 Å². The molecule has 0 bridgehead atoms. The molecule has 0 saturated carbocycles. The first-order valence-electron chi connectivity index (χ1n) is 9.34. The third kappa shape index (κ3) is 4.11. The Hall–Kier alpha value is -3.95. The molecule has 2 aromatic heterocycles. The second-order valence-electron chi connectivity index (χ2n) is 6.62. The maximum absolute atomic E-state index is 12.6. The van der Waals surface area contributed by atoms with E-state index in [-0.39, 0.29) is 5.75 Å². The Labute approximate surface area is 180 Å². The lowest BCUT2D eigenvalue weighted by Crippen LogP contribution is -2.17. The van der Waals surface area contributed by atoms with E-state index in [1.807, 2.05) is 0 Å². The van der Waals surface area contributed by atoms with E-state index in [9.17, 15) is 13.2 Å². The largest absolute Gasteiger partial charge is 0.573 e. The fourth-order valence-electron chi connectivity index (χ4n) is 3.31. The average molecular weight is 445 g/mol. The standard InChI is InChI=1S/C22H18F3N3O4/c1-29-18-10-14(11-19(30-2)21(18)31-3)16-7-8-20-26-12-17(28(20)27-16)13-5-4-6-15(9-13)32-22(23,24)25/h4-12H,1-3H3. The number of fused-ring (bicyclic) bond motifs is 1. The van der Waals surface area contributed by atoms with E-state index in [1.54, 1.807) is 34.8 Å². The molecule has 0 fully saturated rings. The number of methoxy groups -OCH3 is 3. The van der Waals surface area contributed by atoms with Crippen molar-refractivity contribution in [1.82, 2.24) is 14.6 Å². The Morgan fingerprint density at radius 2 is 1.56 bits per heavy atom. The van der Waals surface area contributed by atoms with Gasteiger partial charge in [0.15, 0.2) is 17.1 Å². The minimum absolute atomic E-state index is 0.328. The maximum atomic E-state index is 12.6. The molecule has 0 unspecified atom stereocenters. The lowest BCUT2D eigenvalue weighted by atomic mass is 10.1. The van der Waals surface area contributed by atoms with Crippen LogP contribution in [0.25, 0.3) is 28.2 Å². The summed E-state index contributed by atoms with van der Waals surface area (Å²) in [6, 6.07) is 12.7. The summed E-state index contributed by atoms with van der Waals surface area (Å²) in [4.78, 5) is 4.30. The quantitative estimate of drug-likeness (QED) is 0.417. The number of alkyl halides is 3. The number of hydrogen-bond acceptors (Lipinski definition) is 6. The van der Waals surface area contributed by atoms with Gasteiger partial charge in [-0.05, 0) is 36.4 Å². The van der Waals surface area contributed by atoms with Crippen molar-refractivity contribution in [3.63, 3.8) is 0 Å². The summed E-state index contributed by atoms with van der Waals surface area (Å²) in [6.07, 6.45) is -3.25. The van der Waals surface area contributed by atoms with Gasteiger partial charge >= 0.3 is 6.36 Å². The van der Waals surface area contributed by atoms with E-state index in [0.717, 1.165) is 0 Å². The van der Waals surface area contributed by atoms with Crippen molar-refractivity contribution in [2.24, 2.45) is 0 Å². The number of aromatic nitrogens is 3. The van der Waals surface area contributed by atoms with Crippen LogP contribution in [0, 0.1) is 0 Å². The summed E-state index contributed by atoms with van der Waals surface area (Å²) >= 11 is 0. The first kappa shape index (κ1) is 21.3. The molecule has 7 nitrogen and oxygen atoms in total. The summed E-state index contributed by atoms with van der Waals surface area (Å²) in [5.74, 6) is 1.05. The summed E-state index contributed by atoms with van der Waals surface area (Å²) in [5.41, 5.74) is 2.75. The van der Waals surface area contributed by atoms with Gasteiger partial charge in [0.05, 0.1) is 38.9 Å². The molecule has 2 aromatic carbocycles. The number of ether oxygens (including phenoxy) is 4. The highest BCUT2D eigenvalue weighted by Gasteiger charge is 2.31. The molecule has 0 aliphatic carbocycles. The molecule has 0 radical (unpaired) electrons. The zero-order valence-corrected chi connectivity index (χ0v) is 17.3. The van der Waals surface area contributed by atoms with E-state index >= 15 is 0 Å². The van der Waals surface area contributed by atoms with Gasteiger partial charge in [-0.3, -0.25) is 0 Å². The zero-order valence-electron chi connectivity index (χ0n) is 17.3. The molecule has 0 atom stereocenters. The van der Waals surface area contributed by atoms with Crippen molar-refractivity contribution in [2.45, 2.75) is 6.36 Å². The molecule has 0 aliphatic heterocycles. The number of rotatable bonds is 6. The Balaban J connectivity index is 1.80. The fourth-order valence-corrected chi connectivity index (χ4v) is 3.31. The third-order valence-electron chi connectivity index (χ3n) is 4.69. The van der Waals surface area contributed by atoms with Gasteiger partial charge in [-0.1, -0.05) is 12.1 Å². The molecule has 4 aromatic rings. The molecule has 166 valence electrons. The Kier molecular flexibility index (Phi) is 5.52. The van der Waals surface area contributed by atoms with Crippen LogP contribution >= 0.6 is 0 Å². The normalized spacial score (nSPS) is 11.4. The fraction of sp³-hybridized carbons (Fsp3) is 0.182. The molecular formula is C22H18F3N3O4. The highest BCUT2D eigenvalue weighted by Crippen LogP contribution is 2.41. The molecular weight excluding hydrogens is 427 g/mol. The number of benzene rings is 2. The predicted octanol–water partition coefficient (Wildman–Crippen LogP) is 4.99. The van der Waals surface area contributed by atoms with E-state index < -0.39 is 6.36 Å². The summed E-state index contributed by atoms with van der Waals surface area (Å²) in [7, 11) is 4.54. The monoisotopic (exact) mass is 445 g/mol. The van der Waals surface area contributed by atoms with Crippen molar-refractivity contribution in [3.8, 4) is 45.5 Å². The third-order valence-corrected chi connectivity index (χ3v) is 4.69. The highest BCUT2D eigenvalue weighted by atomic mass is 19.4. The summed E-state index contributed by atoms with van der Waals surface area (Å²) < 4.78 is 59.5. The van der Waals surface area contributed by atoms with Crippen LogP contribution in [-0.2, 0) is 0 Å². The SMILES string of the molecule is COc1cc(-c2ccc3ncc(-c4cccc(OC(F)(F)F)c4)n3n2)cc(OC)c1OC. The zero-order chi connectivity index (χ0) is 22.9. The Morgan fingerprint density at radius 1 is 0.844 bits per heavy atom. The average Bonchev–Trinajstić information content (AvgIpc) is 3.20. The predicted molar refractivity (Wildman–Crippen MR) is 110 cm³/mol. The molecule has 0 N–H and O–H groups in total. The number of halogens is 3. The van der Waals surface area contributed by atoms with Crippen LogP contribution in [0.4, 0.5) is 13.2 Å². The lowest BCUT2D eigenvalue weighted by molar-refractivity contribution is -0.274. The molecule has 0 spiro atoms. The summed E-state index contributed by atoms with van der Waals surface area (Å²) in [6.45, 7) is 0. The van der Waals surface area contributed by atoms with E-state index in [1.165, 1.54) is 45.7 Å². The maximum Gasteiger partial charge on any atom is 0.573 e. The summed E-state index contributed by atoms with van der Waals surface area (Å²) in [5, 5.41) is 4.63. The minimum Gasteiger partial charge on any atom is -0.493 e. The van der Waals surface area contributed by atoms with Gasteiger partial charge in [-0.25, -0.2) is 9.50 Å². The van der Waals surface area contributed by atoms with Gasteiger partial charge < -0.3 is 18.9 Å². The second-order valence-corrected chi connectivity index (χ2v) is 6.62. The van der Waals surface area contributed by atoms with E-state index in [2.05, 4.69) is 14.8 Å². The second kappa shape index (κ2) is 8.29. The lowest BCUT2D eigenvalue weighted by Gasteiger charge is -2.14. The molecule has 10 heteroatoms. The van der Waals surface area contributed by atoms with Crippen LogP contribution in [0.5, 0.6) is 23.0 Å². The van der Waals surface area contributed by atoms with E-state index in [4.69, 9.17) is 14.2 Å². The van der Waals surface area contributed by atoms with Crippen molar-refractivity contribution in [2.75, 3.05) is 21.3 Å². The number of imidazole rings is 1. The van der Waals surface area contributed by atoms with Gasteiger partial charge in [-0.2, -0.15) is 5.10 Å². The number of nitrogens with zero attached hydrogens (tertiary/aromatic N) is 3. The minimum atomic E-state index is -4.78. The Bertz CT molecular complexity index is 1250. The van der Waals surface area contributed by atoms with Gasteiger partial charge in [0, 0.05) is 11.1 Å². The smallest absolute Gasteiger partial charge is 0.493 e. The highest BCUT2D eigenvalue weighted by molar-refractivity contribution is 5.70. The van der Waals surface area contributed by atoms with Crippen molar-refractivity contribution in [3.05, 3.63) is 54.7 Å². The van der Waals surface area contributed by atoms with E-state index in [0.29, 0.717) is 45.4 Å². The van der Waals surface area contributed by atoms with Gasteiger partial charge in [0.2, 0.25) is 5.75 Å². The molecule has 0 saturated heterocycles. The number of hydrogen-bond donors (Lipinski definition) is 0. The molecule has 2 heterocycles. The molecule has 0 amide bonds. The van der Waals surface area contributed by atoms with Crippen LogP contribution in [0.15, 0.2) is 54.7 Å². The van der Waals surface area contributed by atoms with Gasteiger partial charge in [0.1, 0.15) is 5.75 Å². The van der Waals surface area contributed by atoms with Crippen LogP contribution < -0.4 is 18.9 Å². The van der Waals surface area contributed by atoms with Gasteiger partial charge in [-0.15, -0.1) is 13.2 Å². The van der Waals surface area contributed by atoms with Crippen molar-refractivity contribution >= 4 is 5.65 Å². The first-order valence-corrected chi connectivity index (χ1v) is 9.34. The molecule has 0 aliphatic rings. The van der Waals surface area contributed by atoms with Crippen LogP contribution in [0.3, 0.4) is 0 Å². The first-order chi connectivity index (χ1) is 15.3. The van der Waals surface area contributed by atoms with Crippen LogP contribution in [0.1, 0.15) is 0 Å².